The summed E-state index contributed by atoms with van der Waals surface area (Å²) in [4.78, 5) is 58.7. The van der Waals surface area contributed by atoms with Gasteiger partial charge in [0.25, 0.3) is 0 Å². The van der Waals surface area contributed by atoms with E-state index in [9.17, 15) is 14.7 Å². The van der Waals surface area contributed by atoms with Crippen LogP contribution in [0.15, 0.2) is 255 Å². The minimum atomic E-state index is -1.41. The van der Waals surface area contributed by atoms with Crippen molar-refractivity contribution in [3.63, 3.8) is 0 Å². The molecule has 0 aliphatic carbocycles. The van der Waals surface area contributed by atoms with Crippen LogP contribution in [0.5, 0.6) is 0 Å². The Labute approximate surface area is 472 Å². The van der Waals surface area contributed by atoms with Crippen LogP contribution >= 0.6 is 23.5 Å². The van der Waals surface area contributed by atoms with Gasteiger partial charge in [0, 0.05) is 12.2 Å². The Kier molecular flexibility index (Phi) is 19.5. The minimum Gasteiger partial charge on any atom is -0.457 e. The molecule has 8 aromatic rings. The van der Waals surface area contributed by atoms with Crippen molar-refractivity contribution in [1.82, 2.24) is 16.0 Å². The number of hydrogen-bond donors (Lipinski definition) is 4. The molecule has 79 heavy (non-hydrogen) atoms. The number of carbonyl (C=O) groups excluding carboxylic acids is 4. The highest BCUT2D eigenvalue weighted by Crippen LogP contribution is 2.50. The Morgan fingerprint density at radius 3 is 1.27 bits per heavy atom. The van der Waals surface area contributed by atoms with E-state index in [2.05, 4.69) is 125 Å². The molecule has 3 amide bonds. The van der Waals surface area contributed by atoms with Crippen LogP contribution in [0.2, 0.25) is 0 Å². The number of benzene rings is 8. The lowest BCUT2D eigenvalue weighted by atomic mass is 9.84. The minimum absolute atomic E-state index is 0.0623. The van der Waals surface area contributed by atoms with Gasteiger partial charge in [-0.3, -0.25) is 19.2 Å². The summed E-state index contributed by atoms with van der Waals surface area (Å²) in [6.07, 6.45) is 1.24. The highest BCUT2D eigenvalue weighted by atomic mass is 32.2. The molecule has 8 aromatic carbocycles. The summed E-state index contributed by atoms with van der Waals surface area (Å²) in [6.45, 7) is 0. The fourth-order valence-electron chi connectivity index (χ4n) is 10.3. The highest BCUT2D eigenvalue weighted by molar-refractivity contribution is 8.00. The normalized spacial score (nSPS) is 18.8. The van der Waals surface area contributed by atoms with Crippen LogP contribution < -0.4 is 16.0 Å². The summed E-state index contributed by atoms with van der Waals surface area (Å²) in [5.74, 6) is -1.70. The predicted molar refractivity (Wildman–Crippen MR) is 318 cm³/mol. The average Bonchev–Trinajstić information content (AvgIpc) is 3.53. The number of esters is 1. The molecule has 1 heterocycles. The SMILES string of the molecule is O=C1C[C@@H](C=CCCSC(c2ccccc2)(c2ccccc2)c2ccccc2)OC(=O)C[C@H](O)[C@@H](Cc2ccccc2)NC(=O)[C@@H](CSC(c2ccccc2)(c2ccccc2)c2ccccc2)NC(=O)[C@@H](Cc2ccccc2)N1. The first-order valence-corrected chi connectivity index (χ1v) is 28.8. The number of allylic oxidation sites excluding steroid dienone is 1. The van der Waals surface area contributed by atoms with Crippen molar-refractivity contribution in [3.05, 3.63) is 299 Å². The first kappa shape index (κ1) is 55.8. The largest absolute Gasteiger partial charge is 0.457 e. The zero-order valence-corrected chi connectivity index (χ0v) is 45.5. The summed E-state index contributed by atoms with van der Waals surface area (Å²) >= 11 is 3.29. The Morgan fingerprint density at radius 2 is 0.835 bits per heavy atom. The molecule has 0 bridgehead atoms. The Balaban J connectivity index is 1.03. The van der Waals surface area contributed by atoms with E-state index in [1.54, 1.807) is 17.8 Å². The van der Waals surface area contributed by atoms with Crippen molar-refractivity contribution in [3.8, 4) is 0 Å². The zero-order chi connectivity index (χ0) is 54.7. The van der Waals surface area contributed by atoms with Gasteiger partial charge in [-0.25, -0.2) is 0 Å². The molecular weight excluding hydrogens is 1020 g/mol. The lowest BCUT2D eigenvalue weighted by molar-refractivity contribution is -0.151. The van der Waals surface area contributed by atoms with Gasteiger partial charge in [-0.05, 0) is 69.2 Å². The number of aliphatic hydroxyl groups excluding tert-OH is 1. The molecule has 1 saturated heterocycles. The molecular formula is C68H65N3O6S2. The third-order valence-corrected chi connectivity index (χ3v) is 17.4. The Morgan fingerprint density at radius 1 is 0.456 bits per heavy atom. The third kappa shape index (κ3) is 14.2. The monoisotopic (exact) mass is 1080 g/mol. The number of ether oxygens (including phenoxy) is 1. The van der Waals surface area contributed by atoms with Gasteiger partial charge in [0.2, 0.25) is 17.7 Å². The van der Waals surface area contributed by atoms with Crippen LogP contribution in [0.3, 0.4) is 0 Å². The lowest BCUT2D eigenvalue weighted by Gasteiger charge is -2.37. The molecule has 1 fully saturated rings. The number of carbonyl (C=O) groups is 4. The molecule has 400 valence electrons. The maximum atomic E-state index is 15.1. The fourth-order valence-corrected chi connectivity index (χ4v) is 13.4. The van der Waals surface area contributed by atoms with Gasteiger partial charge in [-0.15, -0.1) is 23.5 Å². The van der Waals surface area contributed by atoms with E-state index < -0.39 is 69.9 Å². The molecule has 0 aromatic heterocycles. The molecule has 4 N–H and O–H groups in total. The van der Waals surface area contributed by atoms with Crippen molar-refractivity contribution < 1.29 is 29.0 Å². The highest BCUT2D eigenvalue weighted by Gasteiger charge is 2.41. The van der Waals surface area contributed by atoms with Gasteiger partial charge < -0.3 is 25.8 Å². The second kappa shape index (κ2) is 27.6. The van der Waals surface area contributed by atoms with Crippen LogP contribution in [0.1, 0.15) is 63.8 Å². The number of cyclic esters (lactones) is 1. The van der Waals surface area contributed by atoms with E-state index >= 15 is 9.59 Å². The molecule has 1 aliphatic heterocycles. The van der Waals surface area contributed by atoms with Crippen LogP contribution in [-0.2, 0) is 46.3 Å². The smallest absolute Gasteiger partial charge is 0.309 e. The van der Waals surface area contributed by atoms with E-state index in [0.717, 1.165) is 44.5 Å². The maximum absolute atomic E-state index is 15.1. The van der Waals surface area contributed by atoms with E-state index in [1.807, 2.05) is 140 Å². The summed E-state index contributed by atoms with van der Waals surface area (Å²) in [6, 6.07) is 77.0. The standard InChI is InChI=1S/C68H65N3O6S2/c72-62-48-64(74)77-58(43-25-26-44-78-67(52-31-13-3-14-32-52,53-33-15-4-16-34-53)54-35-17-5-18-36-54)47-63(73)69-60(46-51-29-11-2-12-30-51)65(75)71-61(66(76)70-59(62)45-50-27-9-1-10-28-50)49-79-68(55-37-19-6-20-38-55,56-39-21-7-22-40-56)57-41-23-8-24-42-57/h1-25,27-43,58-62,72H,26,44-49H2,(H,69,73)(H,70,76)(H,71,75)/t58-,59-,60-,61-,62+/m1/s1. The van der Waals surface area contributed by atoms with Gasteiger partial charge in [0.15, 0.2) is 0 Å². The summed E-state index contributed by atoms with van der Waals surface area (Å²) < 4.78 is 4.68. The van der Waals surface area contributed by atoms with E-state index in [0.29, 0.717) is 12.2 Å². The van der Waals surface area contributed by atoms with Crippen molar-refractivity contribution in [2.75, 3.05) is 11.5 Å². The molecule has 11 heteroatoms. The quantitative estimate of drug-likeness (QED) is 0.0289. The molecule has 1 aliphatic rings. The van der Waals surface area contributed by atoms with Gasteiger partial charge in [-0.2, -0.15) is 0 Å². The Bertz CT molecular complexity index is 3020. The fraction of sp³-hybridized carbons (Fsp3) is 0.206. The first-order valence-electron chi connectivity index (χ1n) is 26.8. The number of nitrogens with one attached hydrogen (secondary N) is 3. The van der Waals surface area contributed by atoms with Crippen LogP contribution in [0.25, 0.3) is 0 Å². The first-order chi connectivity index (χ1) is 38.7. The van der Waals surface area contributed by atoms with Crippen molar-refractivity contribution >= 4 is 47.2 Å². The van der Waals surface area contributed by atoms with Gasteiger partial charge >= 0.3 is 5.97 Å². The van der Waals surface area contributed by atoms with Gasteiger partial charge in [0.1, 0.15) is 18.2 Å². The van der Waals surface area contributed by atoms with Crippen molar-refractivity contribution in [2.24, 2.45) is 0 Å². The maximum Gasteiger partial charge on any atom is 0.309 e. The van der Waals surface area contributed by atoms with Crippen molar-refractivity contribution in [2.45, 2.75) is 71.9 Å². The van der Waals surface area contributed by atoms with E-state index in [1.165, 1.54) is 11.8 Å². The zero-order valence-electron chi connectivity index (χ0n) is 43.9. The van der Waals surface area contributed by atoms with Crippen molar-refractivity contribution in [1.29, 1.82) is 0 Å². The molecule has 0 radical (unpaired) electrons. The van der Waals surface area contributed by atoms with Crippen LogP contribution in [0.4, 0.5) is 0 Å². The Hall–Kier alpha value is -7.96. The van der Waals surface area contributed by atoms with Gasteiger partial charge in [-0.1, -0.05) is 249 Å². The van der Waals surface area contributed by atoms with Crippen LogP contribution in [0, 0.1) is 0 Å². The topological polar surface area (TPSA) is 134 Å². The number of hydrogen-bond acceptors (Lipinski definition) is 8. The molecule has 5 atom stereocenters. The van der Waals surface area contributed by atoms with Gasteiger partial charge in [0.05, 0.1) is 34.5 Å². The number of amides is 3. The lowest BCUT2D eigenvalue weighted by Crippen LogP contribution is -2.58. The van der Waals surface area contributed by atoms with Crippen LogP contribution in [-0.4, -0.2) is 70.6 Å². The average molecular weight is 1080 g/mol. The number of aliphatic hydroxyl groups is 1. The van der Waals surface area contributed by atoms with E-state index in [4.69, 9.17) is 4.74 Å². The summed E-state index contributed by atoms with van der Waals surface area (Å²) in [5, 5.41) is 21.2. The predicted octanol–water partition coefficient (Wildman–Crippen LogP) is 11.4. The second-order valence-electron chi connectivity index (χ2n) is 19.6. The number of rotatable bonds is 18. The summed E-state index contributed by atoms with van der Waals surface area (Å²) in [5.41, 5.74) is 7.90. The summed E-state index contributed by atoms with van der Waals surface area (Å²) in [7, 11) is 0. The third-order valence-electron chi connectivity index (χ3n) is 14.2. The molecule has 0 spiro atoms. The van der Waals surface area contributed by atoms with E-state index in [-0.39, 0.29) is 25.0 Å². The molecule has 9 rings (SSSR count). The number of thioether (sulfide) groups is 2. The second-order valence-corrected chi connectivity index (χ2v) is 22.2. The molecule has 0 saturated carbocycles. The molecule has 0 unspecified atom stereocenters. The molecule has 9 nitrogen and oxygen atoms in total.